The number of sulfonamides is 1. The fraction of sp³-hybridized carbons (Fsp3) is 0.714. The van der Waals surface area contributed by atoms with Crippen LogP contribution in [-0.2, 0) is 20.6 Å². The van der Waals surface area contributed by atoms with E-state index in [1.54, 1.807) is 12.3 Å². The fourth-order valence-corrected chi connectivity index (χ4v) is 4.39. The summed E-state index contributed by atoms with van der Waals surface area (Å²) >= 11 is 5.92. The van der Waals surface area contributed by atoms with Crippen molar-refractivity contribution >= 4 is 21.6 Å². The van der Waals surface area contributed by atoms with Crippen LogP contribution in [0.4, 0.5) is 0 Å². The lowest BCUT2D eigenvalue weighted by Gasteiger charge is -2.37. The molecule has 0 aromatic carbocycles. The third-order valence-electron chi connectivity index (χ3n) is 3.63. The zero-order chi connectivity index (χ0) is 15.8. The summed E-state index contributed by atoms with van der Waals surface area (Å²) in [4.78, 5) is 0.310. The van der Waals surface area contributed by atoms with Gasteiger partial charge in [0.05, 0.1) is 18.1 Å². The average molecular weight is 335 g/mol. The second-order valence-corrected chi connectivity index (χ2v) is 8.45. The Kier molecular flexibility index (Phi) is 4.73. The standard InChI is InChI=1S/C14H23ClN2O3S/c1-11(2)17-9-13(7-12(17)8-15)21(18,19)16-5-6-20-14(3,4)10-16/h7,9,11H,5-6,8,10H2,1-4H3. The smallest absolute Gasteiger partial charge is 0.244 e. The maximum absolute atomic E-state index is 12.8. The van der Waals surface area contributed by atoms with Crippen LogP contribution in [0, 0.1) is 0 Å². The number of alkyl halides is 1. The molecule has 1 saturated heterocycles. The van der Waals surface area contributed by atoms with Gasteiger partial charge in [-0.05, 0) is 33.8 Å². The van der Waals surface area contributed by atoms with Crippen molar-refractivity contribution in [3.63, 3.8) is 0 Å². The first-order valence-electron chi connectivity index (χ1n) is 7.08. The molecule has 1 aromatic heterocycles. The highest BCUT2D eigenvalue weighted by atomic mass is 35.5. The molecule has 0 aliphatic carbocycles. The van der Waals surface area contributed by atoms with Gasteiger partial charge in [-0.2, -0.15) is 4.31 Å². The van der Waals surface area contributed by atoms with Crippen molar-refractivity contribution < 1.29 is 13.2 Å². The van der Waals surface area contributed by atoms with E-state index in [2.05, 4.69) is 0 Å². The molecule has 0 saturated carbocycles. The Balaban J connectivity index is 2.35. The molecule has 7 heteroatoms. The Labute approximate surface area is 131 Å². The summed E-state index contributed by atoms with van der Waals surface area (Å²) in [6.45, 7) is 8.97. The van der Waals surface area contributed by atoms with E-state index in [-0.39, 0.29) is 6.04 Å². The van der Waals surface area contributed by atoms with Crippen molar-refractivity contribution in [3.05, 3.63) is 18.0 Å². The first kappa shape index (κ1) is 16.8. The lowest BCUT2D eigenvalue weighted by Crippen LogP contribution is -2.50. The van der Waals surface area contributed by atoms with Gasteiger partial charge in [-0.25, -0.2) is 8.42 Å². The predicted molar refractivity (Wildman–Crippen MR) is 83.2 cm³/mol. The van der Waals surface area contributed by atoms with Gasteiger partial charge in [-0.1, -0.05) is 0 Å². The summed E-state index contributed by atoms with van der Waals surface area (Å²) in [5.74, 6) is 0.294. The van der Waals surface area contributed by atoms with E-state index in [1.807, 2.05) is 32.3 Å². The summed E-state index contributed by atoms with van der Waals surface area (Å²) in [7, 11) is -3.50. The highest BCUT2D eigenvalue weighted by Gasteiger charge is 2.35. The number of hydrogen-bond acceptors (Lipinski definition) is 3. The van der Waals surface area contributed by atoms with Crippen LogP contribution in [0.2, 0.25) is 0 Å². The molecule has 1 fully saturated rings. The van der Waals surface area contributed by atoms with Gasteiger partial charge in [0.1, 0.15) is 4.90 Å². The zero-order valence-electron chi connectivity index (χ0n) is 13.0. The highest BCUT2D eigenvalue weighted by Crippen LogP contribution is 2.26. The number of aromatic nitrogens is 1. The van der Waals surface area contributed by atoms with Gasteiger partial charge in [0.2, 0.25) is 10.0 Å². The molecule has 1 aliphatic heterocycles. The third-order valence-corrected chi connectivity index (χ3v) is 5.71. The molecule has 0 radical (unpaired) electrons. The second kappa shape index (κ2) is 5.91. The third kappa shape index (κ3) is 3.44. The molecule has 0 atom stereocenters. The van der Waals surface area contributed by atoms with E-state index in [0.29, 0.717) is 30.5 Å². The van der Waals surface area contributed by atoms with Crippen molar-refractivity contribution in [1.82, 2.24) is 8.87 Å². The molecule has 2 heterocycles. The van der Waals surface area contributed by atoms with E-state index < -0.39 is 15.6 Å². The van der Waals surface area contributed by atoms with E-state index in [0.717, 1.165) is 5.69 Å². The van der Waals surface area contributed by atoms with Crippen LogP contribution in [0.3, 0.4) is 0 Å². The van der Waals surface area contributed by atoms with Crippen molar-refractivity contribution in [1.29, 1.82) is 0 Å². The Bertz CT molecular complexity index is 608. The molecule has 0 bridgehead atoms. The SMILES string of the molecule is CC(C)n1cc(S(=O)(=O)N2CCOC(C)(C)C2)cc1CCl. The predicted octanol–water partition coefficient (Wildman–Crippen LogP) is 2.61. The molecule has 0 N–H and O–H groups in total. The van der Waals surface area contributed by atoms with Gasteiger partial charge < -0.3 is 9.30 Å². The van der Waals surface area contributed by atoms with E-state index >= 15 is 0 Å². The molecule has 120 valence electrons. The summed E-state index contributed by atoms with van der Waals surface area (Å²) in [5.41, 5.74) is 0.360. The van der Waals surface area contributed by atoms with Crippen molar-refractivity contribution in [3.8, 4) is 0 Å². The molecule has 0 spiro atoms. The summed E-state index contributed by atoms with van der Waals surface area (Å²) in [6, 6.07) is 1.84. The quantitative estimate of drug-likeness (QED) is 0.795. The second-order valence-electron chi connectivity index (χ2n) is 6.25. The molecule has 1 aromatic rings. The van der Waals surface area contributed by atoms with Crippen molar-refractivity contribution in [2.24, 2.45) is 0 Å². The number of ether oxygens (including phenoxy) is 1. The molecule has 0 unspecified atom stereocenters. The maximum Gasteiger partial charge on any atom is 0.244 e. The first-order valence-corrected chi connectivity index (χ1v) is 9.05. The van der Waals surface area contributed by atoms with Crippen LogP contribution in [0.5, 0.6) is 0 Å². The number of hydrogen-bond donors (Lipinski definition) is 0. The Morgan fingerprint density at radius 1 is 1.43 bits per heavy atom. The van der Waals surface area contributed by atoms with Crippen LogP contribution in [-0.4, -0.2) is 42.6 Å². The van der Waals surface area contributed by atoms with Gasteiger partial charge in [0, 0.05) is 31.0 Å². The molecule has 0 amide bonds. The number of halogens is 1. The summed E-state index contributed by atoms with van der Waals surface area (Å²) < 4.78 is 34.6. The minimum atomic E-state index is -3.50. The van der Waals surface area contributed by atoms with Crippen LogP contribution in [0.25, 0.3) is 0 Å². The summed E-state index contributed by atoms with van der Waals surface area (Å²) in [5, 5.41) is 0. The minimum Gasteiger partial charge on any atom is -0.373 e. The highest BCUT2D eigenvalue weighted by molar-refractivity contribution is 7.89. The minimum absolute atomic E-state index is 0.170. The topological polar surface area (TPSA) is 51.5 Å². The lowest BCUT2D eigenvalue weighted by atomic mass is 10.1. The fourth-order valence-electron chi connectivity index (χ4n) is 2.55. The molecule has 2 rings (SSSR count). The maximum atomic E-state index is 12.8. The number of morpholine rings is 1. The molecule has 21 heavy (non-hydrogen) atoms. The number of rotatable bonds is 4. The Hall–Kier alpha value is -0.560. The first-order chi connectivity index (χ1) is 9.67. The van der Waals surface area contributed by atoms with Gasteiger partial charge in [0.25, 0.3) is 0 Å². The lowest BCUT2D eigenvalue weighted by molar-refractivity contribution is -0.0640. The summed E-state index contributed by atoms with van der Waals surface area (Å²) in [6.07, 6.45) is 1.68. The molecular weight excluding hydrogens is 312 g/mol. The van der Waals surface area contributed by atoms with Crippen LogP contribution >= 0.6 is 11.6 Å². The van der Waals surface area contributed by atoms with Gasteiger partial charge in [0.15, 0.2) is 0 Å². The normalized spacial score (nSPS) is 20.1. The monoisotopic (exact) mass is 334 g/mol. The van der Waals surface area contributed by atoms with E-state index in [9.17, 15) is 8.42 Å². The largest absolute Gasteiger partial charge is 0.373 e. The molecular formula is C14H23ClN2O3S. The Morgan fingerprint density at radius 2 is 2.10 bits per heavy atom. The van der Waals surface area contributed by atoms with Crippen molar-refractivity contribution in [2.45, 2.75) is 50.1 Å². The Morgan fingerprint density at radius 3 is 2.57 bits per heavy atom. The van der Waals surface area contributed by atoms with Gasteiger partial charge >= 0.3 is 0 Å². The van der Waals surface area contributed by atoms with Crippen LogP contribution < -0.4 is 0 Å². The number of nitrogens with zero attached hydrogens (tertiary/aromatic N) is 2. The van der Waals surface area contributed by atoms with E-state index in [4.69, 9.17) is 16.3 Å². The van der Waals surface area contributed by atoms with Crippen LogP contribution in [0.15, 0.2) is 17.2 Å². The molecule has 1 aliphatic rings. The van der Waals surface area contributed by atoms with Crippen molar-refractivity contribution in [2.75, 3.05) is 19.7 Å². The zero-order valence-corrected chi connectivity index (χ0v) is 14.5. The van der Waals surface area contributed by atoms with Gasteiger partial charge in [-0.3, -0.25) is 0 Å². The van der Waals surface area contributed by atoms with E-state index in [1.165, 1.54) is 4.31 Å². The van der Waals surface area contributed by atoms with Gasteiger partial charge in [-0.15, -0.1) is 11.6 Å². The molecule has 5 nitrogen and oxygen atoms in total. The van der Waals surface area contributed by atoms with Crippen LogP contribution in [0.1, 0.15) is 39.4 Å². The average Bonchev–Trinajstić information content (AvgIpc) is 2.82.